The average molecular weight is 815 g/mol. The Hall–Kier alpha value is -4.60. The Balaban J connectivity index is 1.29. The summed E-state index contributed by atoms with van der Waals surface area (Å²) in [6.07, 6.45) is -0.689. The van der Waals surface area contributed by atoms with E-state index in [9.17, 15) is 0 Å². The molecule has 58 heavy (non-hydrogen) atoms. The van der Waals surface area contributed by atoms with Crippen LogP contribution in [-0.2, 0) is 51.8 Å². The van der Waals surface area contributed by atoms with Crippen molar-refractivity contribution in [1.29, 1.82) is 0 Å². The lowest BCUT2D eigenvalue weighted by atomic mass is 9.93. The van der Waals surface area contributed by atoms with E-state index < -0.39 is 12.2 Å². The van der Waals surface area contributed by atoms with Crippen molar-refractivity contribution in [3.05, 3.63) is 202 Å². The second-order valence-corrected chi connectivity index (χ2v) is 16.1. The maximum absolute atomic E-state index is 7.10. The van der Waals surface area contributed by atoms with Crippen LogP contribution in [0.3, 0.4) is 0 Å². The van der Waals surface area contributed by atoms with Crippen LogP contribution < -0.4 is 9.47 Å². The van der Waals surface area contributed by atoms with Crippen molar-refractivity contribution in [2.45, 2.75) is 68.6 Å². The largest absolute Gasteiger partial charge is 0.496 e. The van der Waals surface area contributed by atoms with E-state index in [0.717, 1.165) is 44.7 Å². The fourth-order valence-corrected chi connectivity index (χ4v) is 9.16. The van der Waals surface area contributed by atoms with Gasteiger partial charge in [0.15, 0.2) is 0 Å². The van der Waals surface area contributed by atoms with Gasteiger partial charge in [0.25, 0.3) is 0 Å². The topological polar surface area (TPSA) is 55.4 Å². The van der Waals surface area contributed by atoms with Gasteiger partial charge in [-0.3, -0.25) is 0 Å². The zero-order valence-electron chi connectivity index (χ0n) is 33.1. The molecule has 1 fully saturated rings. The lowest BCUT2D eigenvalue weighted by Crippen LogP contribution is -2.54. The summed E-state index contributed by atoms with van der Waals surface area (Å²) >= 11 is 8.84. The summed E-state index contributed by atoms with van der Waals surface area (Å²) < 4.78 is 39.6. The van der Waals surface area contributed by atoms with E-state index in [-0.39, 0.29) is 16.6 Å². The van der Waals surface area contributed by atoms with E-state index in [1.807, 2.05) is 97.9 Å². The second-order valence-electron chi connectivity index (χ2n) is 14.3. The van der Waals surface area contributed by atoms with E-state index in [2.05, 4.69) is 66.7 Å². The monoisotopic (exact) mass is 814 g/mol. The predicted molar refractivity (Wildman–Crippen MR) is 234 cm³/mol. The number of hydrogen-bond acceptors (Lipinski definition) is 7. The molecule has 0 bridgehead atoms. The van der Waals surface area contributed by atoms with Crippen LogP contribution in [0.4, 0.5) is 0 Å². The van der Waals surface area contributed by atoms with Crippen LogP contribution in [0.5, 0.6) is 11.5 Å². The first-order valence-corrected chi connectivity index (χ1v) is 21.2. The molecular weight excluding hydrogens is 764 g/mol. The van der Waals surface area contributed by atoms with Crippen molar-refractivity contribution < 1.29 is 28.4 Å². The number of thioether (sulfide) groups is 1. The summed E-state index contributed by atoms with van der Waals surface area (Å²) in [4.78, 5) is 0. The van der Waals surface area contributed by atoms with E-state index in [1.54, 1.807) is 18.9 Å². The number of methoxy groups -OCH3 is 1. The van der Waals surface area contributed by atoms with Crippen molar-refractivity contribution >= 4 is 23.4 Å². The van der Waals surface area contributed by atoms with Crippen molar-refractivity contribution in [2.24, 2.45) is 0 Å². The van der Waals surface area contributed by atoms with Crippen LogP contribution in [0.25, 0.3) is 0 Å². The molecule has 8 heteroatoms. The maximum Gasteiger partial charge on any atom is 0.124 e. The van der Waals surface area contributed by atoms with Crippen molar-refractivity contribution in [1.82, 2.24) is 0 Å². The summed E-state index contributed by atoms with van der Waals surface area (Å²) in [5.41, 5.74) is 7.44. The molecule has 1 aliphatic rings. The zero-order valence-corrected chi connectivity index (χ0v) is 34.7. The molecule has 0 amide bonds. The highest BCUT2D eigenvalue weighted by Crippen LogP contribution is 2.50. The lowest BCUT2D eigenvalue weighted by molar-refractivity contribution is -0.160. The highest BCUT2D eigenvalue weighted by atomic mass is 35.5. The molecule has 6 aromatic carbocycles. The first-order valence-electron chi connectivity index (χ1n) is 19.9. The van der Waals surface area contributed by atoms with Crippen LogP contribution in [0.1, 0.15) is 51.1 Å². The summed E-state index contributed by atoms with van der Waals surface area (Å²) in [7, 11) is 1.70. The van der Waals surface area contributed by atoms with Crippen LogP contribution in [0.2, 0.25) is 5.02 Å². The molecule has 0 aliphatic carbocycles. The van der Waals surface area contributed by atoms with Crippen LogP contribution >= 0.6 is 23.4 Å². The van der Waals surface area contributed by atoms with Gasteiger partial charge in [-0.25, -0.2) is 0 Å². The first kappa shape index (κ1) is 41.6. The Kier molecular flexibility index (Phi) is 15.3. The normalized spacial score (nSPS) is 19.1. The third-order valence-corrected chi connectivity index (χ3v) is 12.1. The molecule has 7 rings (SSSR count). The van der Waals surface area contributed by atoms with Gasteiger partial charge in [-0.1, -0.05) is 145 Å². The summed E-state index contributed by atoms with van der Waals surface area (Å²) in [5.74, 6) is 1.54. The van der Waals surface area contributed by atoms with Gasteiger partial charge < -0.3 is 28.4 Å². The quantitative estimate of drug-likeness (QED) is 0.0807. The van der Waals surface area contributed by atoms with Gasteiger partial charge in [0, 0.05) is 10.6 Å². The molecule has 0 spiro atoms. The van der Waals surface area contributed by atoms with Gasteiger partial charge in [-0.2, -0.15) is 0 Å². The summed E-state index contributed by atoms with van der Waals surface area (Å²) in [5, 5.41) is 0.267. The molecule has 300 valence electrons. The molecule has 0 radical (unpaired) electrons. The smallest absolute Gasteiger partial charge is 0.124 e. The van der Waals surface area contributed by atoms with E-state index >= 15 is 0 Å². The Morgan fingerprint density at radius 1 is 0.552 bits per heavy atom. The number of ether oxygens (including phenoxy) is 6. The lowest BCUT2D eigenvalue weighted by Gasteiger charge is -2.46. The van der Waals surface area contributed by atoms with Crippen LogP contribution in [-0.4, -0.2) is 43.9 Å². The number of halogens is 1. The molecule has 5 atom stereocenters. The molecular formula is C50H51ClO6S. The van der Waals surface area contributed by atoms with Gasteiger partial charge in [0.2, 0.25) is 0 Å². The SMILES string of the molecule is CCOc1ccc(Cc2cc([C@@H]3S[C@H](COCc4ccccc4)[C@@H](OCc4ccccc4)[C@H](OCc4ccccc4)[C@H]3OCc3ccccc3)c(OC)cc2Cl)cc1. The number of hydrogen-bond donors (Lipinski definition) is 0. The predicted octanol–water partition coefficient (Wildman–Crippen LogP) is 11.5. The average Bonchev–Trinajstić information content (AvgIpc) is 3.27. The third kappa shape index (κ3) is 11.3. The Bertz CT molecular complexity index is 2100. The minimum atomic E-state index is -0.487. The third-order valence-electron chi connectivity index (χ3n) is 10.2. The van der Waals surface area contributed by atoms with Gasteiger partial charge >= 0.3 is 0 Å². The summed E-state index contributed by atoms with van der Waals surface area (Å²) in [6.45, 7) is 4.71. The first-order chi connectivity index (χ1) is 28.6. The molecule has 6 nitrogen and oxygen atoms in total. The van der Waals surface area contributed by atoms with E-state index in [1.165, 1.54) is 0 Å². The minimum absolute atomic E-state index is 0.135. The molecule has 0 N–H and O–H groups in total. The Labute approximate surface area is 352 Å². The van der Waals surface area contributed by atoms with Gasteiger partial charge in [0.1, 0.15) is 29.8 Å². The van der Waals surface area contributed by atoms with Crippen LogP contribution in [0, 0.1) is 0 Å². The van der Waals surface area contributed by atoms with E-state index in [0.29, 0.717) is 56.8 Å². The van der Waals surface area contributed by atoms with Crippen molar-refractivity contribution in [3.8, 4) is 11.5 Å². The van der Waals surface area contributed by atoms with Crippen LogP contribution in [0.15, 0.2) is 158 Å². The molecule has 6 aromatic rings. The standard InChI is InChI=1S/C50H51ClO6S/c1-3-54-42-26-24-36(25-27-42)28-41-29-43(45(52-2)30-44(41)51)50-49(57-34-40-22-14-7-15-23-40)48(56-33-39-20-12-6-13-21-39)47(55-32-38-18-10-5-11-19-38)46(58-50)35-53-31-37-16-8-4-9-17-37/h4-27,29-30,46-50H,3,28,31-35H2,1-2H3/t46-,47-,48+,49-,50+/m1/s1. The minimum Gasteiger partial charge on any atom is -0.496 e. The molecule has 1 saturated heterocycles. The van der Waals surface area contributed by atoms with Crippen molar-refractivity contribution in [2.75, 3.05) is 20.3 Å². The Morgan fingerprint density at radius 3 is 1.57 bits per heavy atom. The Morgan fingerprint density at radius 2 is 1.05 bits per heavy atom. The molecule has 0 saturated carbocycles. The molecule has 0 aromatic heterocycles. The number of rotatable bonds is 19. The fourth-order valence-electron chi connectivity index (χ4n) is 7.28. The number of benzene rings is 6. The second kappa shape index (κ2) is 21.4. The van der Waals surface area contributed by atoms with Gasteiger partial charge in [-0.05, 0) is 71.0 Å². The summed E-state index contributed by atoms with van der Waals surface area (Å²) in [6, 6.07) is 53.4. The van der Waals surface area contributed by atoms with Crippen molar-refractivity contribution in [3.63, 3.8) is 0 Å². The van der Waals surface area contributed by atoms with E-state index in [4.69, 9.17) is 40.0 Å². The highest BCUT2D eigenvalue weighted by molar-refractivity contribution is 8.00. The fraction of sp³-hybridized carbons (Fsp3) is 0.280. The van der Waals surface area contributed by atoms with Gasteiger partial charge in [-0.15, -0.1) is 11.8 Å². The highest BCUT2D eigenvalue weighted by Gasteiger charge is 2.49. The maximum atomic E-state index is 7.10. The van der Waals surface area contributed by atoms with Gasteiger partial charge in [0.05, 0.1) is 57.3 Å². The molecule has 1 heterocycles. The molecule has 1 aliphatic heterocycles. The zero-order chi connectivity index (χ0) is 39.9. The molecule has 0 unspecified atom stereocenters.